The molecule has 0 radical (unpaired) electrons. The lowest BCUT2D eigenvalue weighted by Gasteiger charge is -2.10. The SMILES string of the molecule is COc1ccc(-c2oc3ccc(C)cc3c(=O)c2OC(=O)C=Cc2ccco2)cc1. The standard InChI is InChI=1S/C24H18O6/c1-15-5-11-20-19(14-15)22(26)24(30-21(25)12-10-18-4-3-13-28-18)23(29-20)16-6-8-17(27-2)9-7-16/h3-14H,1-2H3. The predicted molar refractivity (Wildman–Crippen MR) is 113 cm³/mol. The van der Waals surface area contributed by atoms with Crippen molar-refractivity contribution in [2.24, 2.45) is 0 Å². The highest BCUT2D eigenvalue weighted by Crippen LogP contribution is 2.32. The molecule has 150 valence electrons. The lowest BCUT2D eigenvalue weighted by Crippen LogP contribution is -2.14. The molecule has 2 aromatic carbocycles. The third-order valence-corrected chi connectivity index (χ3v) is 4.49. The molecule has 0 saturated carbocycles. The smallest absolute Gasteiger partial charge is 0.336 e. The molecule has 4 aromatic rings. The summed E-state index contributed by atoms with van der Waals surface area (Å²) in [5, 5.41) is 0.338. The van der Waals surface area contributed by atoms with Crippen molar-refractivity contribution in [3.05, 3.63) is 88.5 Å². The van der Waals surface area contributed by atoms with E-state index in [2.05, 4.69) is 0 Å². The molecule has 0 aliphatic heterocycles. The zero-order valence-electron chi connectivity index (χ0n) is 16.4. The summed E-state index contributed by atoms with van der Waals surface area (Å²) in [5.74, 6) is 0.410. The monoisotopic (exact) mass is 402 g/mol. The van der Waals surface area contributed by atoms with Crippen LogP contribution in [-0.4, -0.2) is 13.1 Å². The third kappa shape index (κ3) is 3.89. The minimum absolute atomic E-state index is 0.166. The number of aryl methyl sites for hydroxylation is 1. The molecule has 0 unspecified atom stereocenters. The summed E-state index contributed by atoms with van der Waals surface area (Å²) in [6.45, 7) is 1.87. The second kappa shape index (κ2) is 8.13. The van der Waals surface area contributed by atoms with Crippen LogP contribution in [0.25, 0.3) is 28.4 Å². The summed E-state index contributed by atoms with van der Waals surface area (Å²) in [6.07, 6.45) is 4.14. The highest BCUT2D eigenvalue weighted by atomic mass is 16.5. The summed E-state index contributed by atoms with van der Waals surface area (Å²) in [5.41, 5.74) is 1.45. The van der Waals surface area contributed by atoms with E-state index in [1.807, 2.05) is 13.0 Å². The van der Waals surface area contributed by atoms with Crippen molar-refractivity contribution in [2.45, 2.75) is 6.92 Å². The molecule has 0 spiro atoms. The zero-order valence-corrected chi connectivity index (χ0v) is 16.4. The highest BCUT2D eigenvalue weighted by molar-refractivity contribution is 5.90. The van der Waals surface area contributed by atoms with Gasteiger partial charge >= 0.3 is 5.97 Å². The lowest BCUT2D eigenvalue weighted by atomic mass is 10.1. The summed E-state index contributed by atoms with van der Waals surface area (Å²) in [7, 11) is 1.56. The average Bonchev–Trinajstić information content (AvgIpc) is 3.28. The van der Waals surface area contributed by atoms with E-state index < -0.39 is 11.4 Å². The minimum atomic E-state index is -0.722. The topological polar surface area (TPSA) is 78.9 Å². The van der Waals surface area contributed by atoms with Gasteiger partial charge in [-0.3, -0.25) is 4.79 Å². The molecule has 0 N–H and O–H groups in total. The van der Waals surface area contributed by atoms with Crippen LogP contribution in [0.3, 0.4) is 0 Å². The molecule has 0 bridgehead atoms. The van der Waals surface area contributed by atoms with Crippen molar-refractivity contribution >= 4 is 23.0 Å². The number of methoxy groups -OCH3 is 1. The van der Waals surface area contributed by atoms with E-state index >= 15 is 0 Å². The zero-order chi connectivity index (χ0) is 21.1. The molecule has 30 heavy (non-hydrogen) atoms. The molecule has 0 amide bonds. The van der Waals surface area contributed by atoms with Gasteiger partial charge in [-0.1, -0.05) is 11.6 Å². The lowest BCUT2D eigenvalue weighted by molar-refractivity contribution is -0.129. The van der Waals surface area contributed by atoms with Gasteiger partial charge in [-0.25, -0.2) is 4.79 Å². The second-order valence-corrected chi connectivity index (χ2v) is 6.59. The van der Waals surface area contributed by atoms with E-state index in [1.165, 1.54) is 18.4 Å². The van der Waals surface area contributed by atoms with E-state index in [4.69, 9.17) is 18.3 Å². The number of fused-ring (bicyclic) bond motifs is 1. The number of rotatable bonds is 5. The fourth-order valence-corrected chi connectivity index (χ4v) is 2.99. The van der Waals surface area contributed by atoms with Crippen LogP contribution in [0.1, 0.15) is 11.3 Å². The molecule has 6 heteroatoms. The molecule has 6 nitrogen and oxygen atoms in total. The first-order chi connectivity index (χ1) is 14.5. The number of furan rings is 1. The average molecular weight is 402 g/mol. The highest BCUT2D eigenvalue weighted by Gasteiger charge is 2.20. The van der Waals surface area contributed by atoms with Crippen LogP contribution in [0.2, 0.25) is 0 Å². The van der Waals surface area contributed by atoms with E-state index in [1.54, 1.807) is 55.6 Å². The third-order valence-electron chi connectivity index (χ3n) is 4.49. The molecule has 0 fully saturated rings. The van der Waals surface area contributed by atoms with Crippen LogP contribution >= 0.6 is 0 Å². The van der Waals surface area contributed by atoms with Crippen LogP contribution in [0.5, 0.6) is 11.5 Å². The Balaban J connectivity index is 1.81. The Morgan fingerprint density at radius 1 is 1.07 bits per heavy atom. The summed E-state index contributed by atoms with van der Waals surface area (Å²) in [6, 6.07) is 15.6. The quantitative estimate of drug-likeness (QED) is 0.346. The maximum absolute atomic E-state index is 13.2. The van der Waals surface area contributed by atoms with Gasteiger partial charge in [-0.2, -0.15) is 0 Å². The first-order valence-corrected chi connectivity index (χ1v) is 9.20. The first kappa shape index (κ1) is 19.3. The van der Waals surface area contributed by atoms with Crippen molar-refractivity contribution in [3.63, 3.8) is 0 Å². The molecule has 0 aliphatic rings. The van der Waals surface area contributed by atoms with Crippen molar-refractivity contribution in [1.29, 1.82) is 0 Å². The minimum Gasteiger partial charge on any atom is -0.497 e. The fraction of sp³-hybridized carbons (Fsp3) is 0.0833. The first-order valence-electron chi connectivity index (χ1n) is 9.20. The van der Waals surface area contributed by atoms with E-state index in [0.717, 1.165) is 5.56 Å². The Morgan fingerprint density at radius 3 is 2.57 bits per heavy atom. The maximum Gasteiger partial charge on any atom is 0.336 e. The summed E-state index contributed by atoms with van der Waals surface area (Å²) >= 11 is 0. The molecule has 0 aliphatic carbocycles. The number of hydrogen-bond donors (Lipinski definition) is 0. The van der Waals surface area contributed by atoms with Gasteiger partial charge in [0, 0.05) is 11.6 Å². The van der Waals surface area contributed by atoms with E-state index in [-0.39, 0.29) is 11.5 Å². The molecule has 2 aromatic heterocycles. The van der Waals surface area contributed by atoms with E-state index in [0.29, 0.717) is 28.0 Å². The Morgan fingerprint density at radius 2 is 1.87 bits per heavy atom. The van der Waals surface area contributed by atoms with Gasteiger partial charge in [0.2, 0.25) is 11.2 Å². The molecule has 0 atom stereocenters. The summed E-state index contributed by atoms with van der Waals surface area (Å²) in [4.78, 5) is 25.6. The van der Waals surface area contributed by atoms with E-state index in [9.17, 15) is 9.59 Å². The molecular weight excluding hydrogens is 384 g/mol. The largest absolute Gasteiger partial charge is 0.497 e. The summed E-state index contributed by atoms with van der Waals surface area (Å²) < 4.78 is 21.7. The molecule has 4 rings (SSSR count). The number of ether oxygens (including phenoxy) is 2. The van der Waals surface area contributed by atoms with Crippen LogP contribution in [0.15, 0.2) is 80.6 Å². The van der Waals surface area contributed by atoms with Crippen LogP contribution in [0.4, 0.5) is 0 Å². The van der Waals surface area contributed by atoms with Crippen LogP contribution in [0, 0.1) is 6.92 Å². The van der Waals surface area contributed by atoms with Gasteiger partial charge in [0.1, 0.15) is 17.1 Å². The van der Waals surface area contributed by atoms with Gasteiger partial charge in [0.05, 0.1) is 18.8 Å². The molecule has 0 saturated heterocycles. The van der Waals surface area contributed by atoms with Gasteiger partial charge in [-0.05, 0) is 61.5 Å². The Kier molecular flexibility index (Phi) is 5.22. The Bertz CT molecular complexity index is 1280. The molecule has 2 heterocycles. The van der Waals surface area contributed by atoms with Gasteiger partial charge in [0.15, 0.2) is 5.76 Å². The fourth-order valence-electron chi connectivity index (χ4n) is 2.99. The van der Waals surface area contributed by atoms with Gasteiger partial charge in [0.25, 0.3) is 0 Å². The van der Waals surface area contributed by atoms with Crippen molar-refractivity contribution in [1.82, 2.24) is 0 Å². The number of carbonyl (C=O) groups excluding carboxylic acids is 1. The van der Waals surface area contributed by atoms with Crippen LogP contribution < -0.4 is 14.9 Å². The number of benzene rings is 2. The van der Waals surface area contributed by atoms with Gasteiger partial charge < -0.3 is 18.3 Å². The predicted octanol–water partition coefficient (Wildman–Crippen LogP) is 4.99. The van der Waals surface area contributed by atoms with Gasteiger partial charge in [-0.15, -0.1) is 0 Å². The number of carbonyl (C=O) groups is 1. The Hall–Kier alpha value is -4.06. The normalized spacial score (nSPS) is 11.1. The maximum atomic E-state index is 13.2. The second-order valence-electron chi connectivity index (χ2n) is 6.59. The number of esters is 1. The van der Waals surface area contributed by atoms with Crippen molar-refractivity contribution < 1.29 is 23.1 Å². The van der Waals surface area contributed by atoms with Crippen LogP contribution in [-0.2, 0) is 4.79 Å². The molecular formula is C24H18O6. The van der Waals surface area contributed by atoms with Crippen molar-refractivity contribution in [2.75, 3.05) is 7.11 Å². The Labute approximate surface area is 172 Å². The van der Waals surface area contributed by atoms with Crippen molar-refractivity contribution in [3.8, 4) is 22.8 Å². The number of hydrogen-bond acceptors (Lipinski definition) is 6.